The van der Waals surface area contributed by atoms with Crippen LogP contribution in [0.1, 0.15) is 96.6 Å². The van der Waals surface area contributed by atoms with E-state index in [2.05, 4.69) is 86.4 Å². The van der Waals surface area contributed by atoms with E-state index >= 15 is 0 Å². The summed E-state index contributed by atoms with van der Waals surface area (Å²) >= 11 is 0. The molecule has 0 amide bonds. The molecule has 0 radical (unpaired) electrons. The van der Waals surface area contributed by atoms with Crippen molar-refractivity contribution in [3.63, 3.8) is 0 Å². The van der Waals surface area contributed by atoms with E-state index in [4.69, 9.17) is 0 Å². The summed E-state index contributed by atoms with van der Waals surface area (Å²) in [4.78, 5) is 6.89. The maximum atomic E-state index is 4.38. The molecule has 0 saturated carbocycles. The van der Waals surface area contributed by atoms with Gasteiger partial charge in [-0.3, -0.25) is 4.99 Å². The molecule has 3 nitrogen and oxygen atoms in total. The van der Waals surface area contributed by atoms with E-state index in [0.717, 1.165) is 44.6 Å². The lowest BCUT2D eigenvalue weighted by atomic mass is 9.84. The summed E-state index contributed by atoms with van der Waals surface area (Å²) in [5, 5.41) is 3.56. The molecular weight excluding hydrogens is 450 g/mol. The van der Waals surface area contributed by atoms with Crippen molar-refractivity contribution in [1.29, 1.82) is 0 Å². The summed E-state index contributed by atoms with van der Waals surface area (Å²) in [6.45, 7) is 21.1. The lowest BCUT2D eigenvalue weighted by molar-refractivity contribution is 0.202. The van der Waals surface area contributed by atoms with Gasteiger partial charge in [-0.2, -0.15) is 0 Å². The molecule has 2 aliphatic rings. The van der Waals surface area contributed by atoms with Crippen LogP contribution >= 0.6 is 0 Å². The van der Waals surface area contributed by atoms with Crippen molar-refractivity contribution in [2.45, 2.75) is 91.9 Å². The van der Waals surface area contributed by atoms with E-state index in [1.54, 1.807) is 0 Å². The topological polar surface area (TPSA) is 27.6 Å². The van der Waals surface area contributed by atoms with E-state index < -0.39 is 0 Å². The van der Waals surface area contributed by atoms with Crippen LogP contribution in [0.5, 0.6) is 0 Å². The third-order valence-electron chi connectivity index (χ3n) is 8.36. The Morgan fingerprint density at radius 2 is 1.78 bits per heavy atom. The second kappa shape index (κ2) is 14.0. The number of aryl methyl sites for hydroxylation is 1. The predicted molar refractivity (Wildman–Crippen MR) is 163 cm³/mol. The zero-order valence-corrected chi connectivity index (χ0v) is 24.5. The third kappa shape index (κ3) is 9.51. The van der Waals surface area contributed by atoms with Crippen molar-refractivity contribution in [1.82, 2.24) is 10.2 Å². The van der Waals surface area contributed by atoms with Gasteiger partial charge in [0.1, 0.15) is 0 Å². The van der Waals surface area contributed by atoms with E-state index in [9.17, 15) is 0 Å². The van der Waals surface area contributed by atoms with Crippen LogP contribution < -0.4 is 5.32 Å². The molecule has 1 unspecified atom stereocenters. The number of rotatable bonds is 12. The van der Waals surface area contributed by atoms with Crippen LogP contribution in [0.2, 0.25) is 0 Å². The molecule has 204 valence electrons. The average Bonchev–Trinajstić information content (AvgIpc) is 2.89. The predicted octanol–water partition coefficient (Wildman–Crippen LogP) is 8.44. The van der Waals surface area contributed by atoms with Gasteiger partial charge in [0.25, 0.3) is 0 Å². The Hall–Kier alpha value is -2.29. The van der Waals surface area contributed by atoms with E-state index in [-0.39, 0.29) is 0 Å². The molecule has 0 spiro atoms. The number of nitrogens with zero attached hydrogens (tertiary/aromatic N) is 2. The molecule has 1 fully saturated rings. The van der Waals surface area contributed by atoms with Gasteiger partial charge in [-0.05, 0) is 85.8 Å². The van der Waals surface area contributed by atoms with E-state index in [1.807, 2.05) is 7.05 Å². The van der Waals surface area contributed by atoms with E-state index in [1.165, 1.54) is 79.0 Å². The molecule has 1 saturated heterocycles. The van der Waals surface area contributed by atoms with Gasteiger partial charge in [0.2, 0.25) is 0 Å². The number of piperidine rings is 1. The van der Waals surface area contributed by atoms with Crippen LogP contribution in [0.15, 0.2) is 59.9 Å². The van der Waals surface area contributed by atoms with Gasteiger partial charge in [0.05, 0.1) is 0 Å². The molecule has 1 aliphatic heterocycles. The summed E-state index contributed by atoms with van der Waals surface area (Å²) in [5.41, 5.74) is 8.52. The average molecular weight is 504 g/mol. The highest BCUT2D eigenvalue weighted by Gasteiger charge is 2.23. The summed E-state index contributed by atoms with van der Waals surface area (Å²) in [6, 6.07) is 9.43. The number of hydrogen-bond acceptors (Lipinski definition) is 3. The fourth-order valence-electron chi connectivity index (χ4n) is 5.89. The van der Waals surface area contributed by atoms with Crippen molar-refractivity contribution in [2.24, 2.45) is 22.2 Å². The Morgan fingerprint density at radius 1 is 1.08 bits per heavy atom. The number of likely N-dealkylation sites (tertiary alicyclic amines) is 1. The Morgan fingerprint density at radius 3 is 2.35 bits per heavy atom. The summed E-state index contributed by atoms with van der Waals surface area (Å²) < 4.78 is 0. The first-order chi connectivity index (χ1) is 17.7. The van der Waals surface area contributed by atoms with Gasteiger partial charge in [-0.15, -0.1) is 0 Å². The highest BCUT2D eigenvalue weighted by Crippen LogP contribution is 2.33. The quantitative estimate of drug-likeness (QED) is 0.290. The zero-order chi connectivity index (χ0) is 26.8. The monoisotopic (exact) mass is 503 g/mol. The fraction of sp³-hybridized carbons (Fsp3) is 0.618. The smallest absolute Gasteiger partial charge is 0.0276 e. The molecule has 1 aliphatic carbocycles. The first-order valence-electron chi connectivity index (χ1n) is 14.8. The minimum Gasteiger partial charge on any atom is -0.388 e. The SMILES string of the molecule is C=C(NCCC(CC)=NC)C1CC=C(c2ccc(CCC3CCN(C(=C)CC(C)(C)C)CC3)cc2)CC1. The largest absolute Gasteiger partial charge is 0.388 e. The Labute approximate surface area is 228 Å². The first kappa shape index (κ1) is 29.3. The molecule has 3 heteroatoms. The Kier molecular flexibility index (Phi) is 11.1. The second-order valence-corrected chi connectivity index (χ2v) is 12.5. The first-order valence-corrected chi connectivity index (χ1v) is 14.8. The molecule has 1 heterocycles. The van der Waals surface area contributed by atoms with Gasteiger partial charge in [0, 0.05) is 56.1 Å². The number of allylic oxidation sites excluding steroid dienone is 4. The lowest BCUT2D eigenvalue weighted by Crippen LogP contribution is -2.34. The van der Waals surface area contributed by atoms with Crippen LogP contribution in [-0.4, -0.2) is 37.3 Å². The summed E-state index contributed by atoms with van der Waals surface area (Å²) in [7, 11) is 1.89. The van der Waals surface area contributed by atoms with Crippen molar-refractivity contribution in [3.05, 3.63) is 66.0 Å². The lowest BCUT2D eigenvalue weighted by Gasteiger charge is -2.36. The molecule has 3 rings (SSSR count). The molecule has 1 aromatic rings. The molecule has 0 bridgehead atoms. The standard InChI is InChI=1S/C34H53N3/c1-8-33(35-7)19-22-36-27(3)30-15-17-32(18-16-30)31-13-11-28(12-14-31)9-10-29-20-23-37(24-21-29)26(2)25-34(4,5)6/h11-14,17,29-30,36H,2-3,8-10,15-16,18-25H2,1,4-7H3. The van der Waals surface area contributed by atoms with Crippen molar-refractivity contribution in [3.8, 4) is 0 Å². The van der Waals surface area contributed by atoms with Gasteiger partial charge in [0.15, 0.2) is 0 Å². The number of hydrogen-bond donors (Lipinski definition) is 1. The molecular formula is C34H53N3. The van der Waals surface area contributed by atoms with Crippen LogP contribution in [0.3, 0.4) is 0 Å². The molecule has 1 aromatic carbocycles. The van der Waals surface area contributed by atoms with Crippen molar-refractivity contribution >= 4 is 11.3 Å². The van der Waals surface area contributed by atoms with Crippen LogP contribution in [0.25, 0.3) is 5.57 Å². The number of benzene rings is 1. The van der Waals surface area contributed by atoms with Crippen LogP contribution in [-0.2, 0) is 6.42 Å². The maximum Gasteiger partial charge on any atom is 0.0276 e. The van der Waals surface area contributed by atoms with E-state index in [0.29, 0.717) is 11.3 Å². The third-order valence-corrected chi connectivity index (χ3v) is 8.36. The van der Waals surface area contributed by atoms with Crippen molar-refractivity contribution in [2.75, 3.05) is 26.7 Å². The minimum atomic E-state index is 0.324. The van der Waals surface area contributed by atoms with Crippen LogP contribution in [0, 0.1) is 17.3 Å². The highest BCUT2D eigenvalue weighted by atomic mass is 15.1. The fourth-order valence-corrected chi connectivity index (χ4v) is 5.89. The normalized spacial score (nSPS) is 19.5. The Bertz CT molecular complexity index is 936. The number of nitrogens with one attached hydrogen (secondary N) is 1. The van der Waals surface area contributed by atoms with Gasteiger partial charge < -0.3 is 10.2 Å². The van der Waals surface area contributed by atoms with Crippen molar-refractivity contribution < 1.29 is 0 Å². The van der Waals surface area contributed by atoms with Gasteiger partial charge in [-0.25, -0.2) is 0 Å². The van der Waals surface area contributed by atoms with Gasteiger partial charge in [-0.1, -0.05) is 71.2 Å². The molecule has 0 aromatic heterocycles. The second-order valence-electron chi connectivity index (χ2n) is 12.5. The molecule has 37 heavy (non-hydrogen) atoms. The zero-order valence-electron chi connectivity index (χ0n) is 24.5. The van der Waals surface area contributed by atoms with Crippen LogP contribution in [0.4, 0.5) is 0 Å². The summed E-state index contributed by atoms with van der Waals surface area (Å²) in [6.07, 6.45) is 14.1. The van der Waals surface area contributed by atoms with Gasteiger partial charge >= 0.3 is 0 Å². The molecule has 1 N–H and O–H groups in total. The minimum absolute atomic E-state index is 0.324. The molecule has 1 atom stereocenters. The Balaban J connectivity index is 1.39. The highest BCUT2D eigenvalue weighted by molar-refractivity contribution is 5.84. The maximum absolute atomic E-state index is 4.38. The number of aliphatic imine (C=N–C) groups is 1. The summed E-state index contributed by atoms with van der Waals surface area (Å²) in [5.74, 6) is 1.39.